The smallest absolute Gasteiger partial charge is 0.404 e. The molecule has 8 rings (SSSR count). The fraction of sp³-hybridized carbons (Fsp3) is 0.163. The largest absolute Gasteiger partial charge is 0.573 e. The third kappa shape index (κ3) is 6.23. The van der Waals surface area contributed by atoms with E-state index in [0.29, 0.717) is 21.5 Å². The summed E-state index contributed by atoms with van der Waals surface area (Å²) in [7, 11) is 3.70. The molecule has 8 aromatic rings. The Morgan fingerprint density at radius 1 is 0.547 bits per heavy atom. The van der Waals surface area contributed by atoms with E-state index >= 15 is 4.39 Å². The average molecular weight is 753 g/mol. The molecule has 0 bridgehead atoms. The summed E-state index contributed by atoms with van der Waals surface area (Å²) in [5.74, 6) is -0.903. The molecule has 0 fully saturated rings. The highest BCUT2D eigenvalue weighted by Crippen LogP contribution is 2.47. The molecule has 0 radical (unpaired) electrons. The monoisotopic (exact) mass is 752 g/mol. The second-order valence-electron chi connectivity index (χ2n) is 13.8. The Bertz CT molecular complexity index is 2680. The maximum absolute atomic E-state index is 16.1. The molecule has 10 heteroatoms. The molecule has 0 aliphatic heterocycles. The van der Waals surface area contributed by atoms with E-state index in [2.05, 4.69) is 41.7 Å². The van der Waals surface area contributed by atoms with Gasteiger partial charge in [0.05, 0.1) is 35.9 Å². The highest BCUT2D eigenvalue weighted by molar-refractivity contribution is 7.26. The highest BCUT2D eigenvalue weighted by atomic mass is 32.1. The summed E-state index contributed by atoms with van der Waals surface area (Å²) in [5.41, 5.74) is 4.29. The summed E-state index contributed by atoms with van der Waals surface area (Å²) in [6, 6.07) is 34.6. The zero-order valence-electron chi connectivity index (χ0n) is 29.2. The summed E-state index contributed by atoms with van der Waals surface area (Å²) < 4.78 is 77.8. The molecular weight excluding hydrogens is 720 g/mol. The summed E-state index contributed by atoms with van der Waals surface area (Å²) in [5, 5.41) is 3.46. The fourth-order valence-electron chi connectivity index (χ4n) is 7.45. The molecular formula is C43H33F5N2OS2. The molecule has 6 aromatic carbocycles. The lowest BCUT2D eigenvalue weighted by Gasteiger charge is -2.32. The van der Waals surface area contributed by atoms with Crippen molar-refractivity contribution in [2.75, 3.05) is 23.9 Å². The minimum absolute atomic E-state index is 0.231. The molecule has 53 heavy (non-hydrogen) atoms. The summed E-state index contributed by atoms with van der Waals surface area (Å²) in [6.07, 6.45) is -4.32. The highest BCUT2D eigenvalue weighted by Gasteiger charge is 2.33. The number of para-hydroxylation sites is 3. The first-order valence-electron chi connectivity index (χ1n) is 17.0. The number of halogens is 5. The molecule has 0 saturated carbocycles. The maximum atomic E-state index is 16.1. The van der Waals surface area contributed by atoms with E-state index in [0.717, 1.165) is 53.4 Å². The minimum atomic E-state index is -4.85. The minimum Gasteiger partial charge on any atom is -0.404 e. The predicted molar refractivity (Wildman–Crippen MR) is 211 cm³/mol. The summed E-state index contributed by atoms with van der Waals surface area (Å²) in [6.45, 7) is 4.30. The van der Waals surface area contributed by atoms with Crippen LogP contribution in [0.1, 0.15) is 25.0 Å². The van der Waals surface area contributed by atoms with E-state index in [-0.39, 0.29) is 23.1 Å². The van der Waals surface area contributed by atoms with Crippen molar-refractivity contribution in [3.63, 3.8) is 0 Å². The molecule has 2 heterocycles. The van der Waals surface area contributed by atoms with Crippen LogP contribution in [0, 0.1) is 11.6 Å². The molecule has 0 N–H and O–H groups in total. The topological polar surface area (TPSA) is 15.7 Å². The molecule has 3 nitrogen and oxygen atoms in total. The summed E-state index contributed by atoms with van der Waals surface area (Å²) >= 11 is 2.73. The van der Waals surface area contributed by atoms with Crippen molar-refractivity contribution in [1.29, 1.82) is 0 Å². The van der Waals surface area contributed by atoms with Gasteiger partial charge in [-0.15, -0.1) is 35.8 Å². The third-order valence-electron chi connectivity index (χ3n) is 9.86. The first-order valence-corrected chi connectivity index (χ1v) is 18.6. The zero-order chi connectivity index (χ0) is 37.2. The molecule has 0 spiro atoms. The van der Waals surface area contributed by atoms with Crippen molar-refractivity contribution in [3.05, 3.63) is 138 Å². The van der Waals surface area contributed by atoms with Crippen molar-refractivity contribution >= 4 is 85.8 Å². The number of anilines is 4. The predicted octanol–water partition coefficient (Wildman–Crippen LogP) is 13.7. The number of hydrogen-bond acceptors (Lipinski definition) is 5. The van der Waals surface area contributed by atoms with Gasteiger partial charge in [-0.25, -0.2) is 8.78 Å². The molecule has 0 amide bonds. The summed E-state index contributed by atoms with van der Waals surface area (Å²) in [4.78, 5) is 3.79. The van der Waals surface area contributed by atoms with Crippen LogP contribution in [-0.4, -0.2) is 20.5 Å². The Labute approximate surface area is 311 Å². The normalized spacial score (nSPS) is 12.3. The molecule has 2 aromatic heterocycles. The molecule has 0 aliphatic rings. The van der Waals surface area contributed by atoms with Crippen molar-refractivity contribution in [2.45, 2.75) is 32.0 Å². The van der Waals surface area contributed by atoms with Crippen LogP contribution in [0.25, 0.3) is 40.3 Å². The van der Waals surface area contributed by atoms with E-state index in [1.165, 1.54) is 40.9 Å². The Morgan fingerprint density at radius 2 is 1.06 bits per heavy atom. The van der Waals surface area contributed by atoms with Gasteiger partial charge in [-0.3, -0.25) is 0 Å². The standard InChI is InChI=1S/C43H33F5N2OS2/c1-42(2,30-15-5-6-17-33(30)49(3)35-19-10-13-27-26-12-9-16-31(44)38(26)52-40(27)35)24-25-22-29-28-14-11-20-36(41(28)53-39(29)32(45)23-25)50(4)34-18-7-8-21-37(34)51-43(46,47)48/h5-23H,24H2,1-4H3. The van der Waals surface area contributed by atoms with Crippen LogP contribution in [0.3, 0.4) is 0 Å². The van der Waals surface area contributed by atoms with Crippen molar-refractivity contribution in [1.82, 2.24) is 0 Å². The number of rotatable bonds is 8. The van der Waals surface area contributed by atoms with E-state index in [4.69, 9.17) is 0 Å². The lowest BCUT2D eigenvalue weighted by atomic mass is 9.78. The number of benzene rings is 6. The van der Waals surface area contributed by atoms with E-state index in [1.54, 1.807) is 36.2 Å². The van der Waals surface area contributed by atoms with Crippen LogP contribution in [0.15, 0.2) is 115 Å². The van der Waals surface area contributed by atoms with Crippen LogP contribution in [-0.2, 0) is 11.8 Å². The van der Waals surface area contributed by atoms with E-state index in [1.807, 2.05) is 61.6 Å². The van der Waals surface area contributed by atoms with Gasteiger partial charge in [-0.1, -0.05) is 80.6 Å². The first-order chi connectivity index (χ1) is 25.3. The second-order valence-corrected chi connectivity index (χ2v) is 15.8. The van der Waals surface area contributed by atoms with Gasteiger partial charge in [-0.05, 0) is 71.5 Å². The quantitative estimate of drug-likeness (QED) is 0.144. The van der Waals surface area contributed by atoms with Crippen LogP contribution in [0.4, 0.5) is 44.7 Å². The number of ether oxygens (including phenoxy) is 1. The molecule has 0 aliphatic carbocycles. The molecule has 0 atom stereocenters. The first kappa shape index (κ1) is 34.9. The third-order valence-corrected chi connectivity index (χ3v) is 12.4. The Hall–Kier alpha value is -5.19. The van der Waals surface area contributed by atoms with Crippen LogP contribution in [0.5, 0.6) is 5.75 Å². The van der Waals surface area contributed by atoms with Crippen molar-refractivity contribution < 1.29 is 26.7 Å². The zero-order valence-corrected chi connectivity index (χ0v) is 30.8. The van der Waals surface area contributed by atoms with E-state index < -0.39 is 11.8 Å². The SMILES string of the molecule is CN(c1ccccc1OC(F)(F)F)c1cccc2c1sc1c(F)cc(CC(C)(C)c3ccccc3N(C)c3cccc4c3sc3c(F)cccc34)cc12. The molecule has 268 valence electrons. The van der Waals surface area contributed by atoms with Gasteiger partial charge in [0.15, 0.2) is 5.75 Å². The Morgan fingerprint density at radius 3 is 1.72 bits per heavy atom. The van der Waals surface area contributed by atoms with Crippen LogP contribution in [0.2, 0.25) is 0 Å². The van der Waals surface area contributed by atoms with Gasteiger partial charge in [0, 0.05) is 41.3 Å². The van der Waals surface area contributed by atoms with Gasteiger partial charge >= 0.3 is 6.36 Å². The van der Waals surface area contributed by atoms with Crippen LogP contribution >= 0.6 is 22.7 Å². The van der Waals surface area contributed by atoms with Crippen molar-refractivity contribution in [2.24, 2.45) is 0 Å². The van der Waals surface area contributed by atoms with Gasteiger partial charge in [0.25, 0.3) is 0 Å². The number of hydrogen-bond donors (Lipinski definition) is 0. The number of fused-ring (bicyclic) bond motifs is 6. The van der Waals surface area contributed by atoms with Gasteiger partial charge in [-0.2, -0.15) is 0 Å². The lowest BCUT2D eigenvalue weighted by Crippen LogP contribution is -2.24. The van der Waals surface area contributed by atoms with E-state index in [9.17, 15) is 17.6 Å². The fourth-order valence-corrected chi connectivity index (χ4v) is 9.94. The number of thiophene rings is 2. The van der Waals surface area contributed by atoms with Crippen molar-refractivity contribution in [3.8, 4) is 5.75 Å². The van der Waals surface area contributed by atoms with Gasteiger partial charge in [0.2, 0.25) is 0 Å². The van der Waals surface area contributed by atoms with Crippen LogP contribution < -0.4 is 14.5 Å². The Kier molecular flexibility index (Phi) is 8.58. The lowest BCUT2D eigenvalue weighted by molar-refractivity contribution is -0.274. The number of nitrogens with zero attached hydrogens (tertiary/aromatic N) is 2. The number of alkyl halides is 3. The average Bonchev–Trinajstić information content (AvgIpc) is 3.70. The second kappa shape index (κ2) is 13.0. The molecule has 0 saturated heterocycles. The molecule has 0 unspecified atom stereocenters. The maximum Gasteiger partial charge on any atom is 0.573 e. The Balaban J connectivity index is 1.16. The van der Waals surface area contributed by atoms with Gasteiger partial charge < -0.3 is 14.5 Å². The van der Waals surface area contributed by atoms with Gasteiger partial charge in [0.1, 0.15) is 11.6 Å².